The molecule has 2 heterocycles. The summed E-state index contributed by atoms with van der Waals surface area (Å²) in [4.78, 5) is 16.7. The lowest BCUT2D eigenvalue weighted by Crippen LogP contribution is -2.14. The molecule has 0 aliphatic rings. The zero-order valence-corrected chi connectivity index (χ0v) is 15.8. The SMILES string of the molecule is COc1ccc(-c2nc(SCC(=O)Nc3cccc4nsnc34)n[nH]2)cc1. The van der Waals surface area contributed by atoms with Gasteiger partial charge in [-0.25, -0.2) is 4.98 Å². The summed E-state index contributed by atoms with van der Waals surface area (Å²) in [5, 5.41) is 10.4. The Morgan fingerprint density at radius 2 is 2.07 bits per heavy atom. The van der Waals surface area contributed by atoms with Gasteiger partial charge in [0.25, 0.3) is 0 Å². The van der Waals surface area contributed by atoms with Crippen LogP contribution in [0.2, 0.25) is 0 Å². The molecular formula is C17H14N6O2S2. The minimum Gasteiger partial charge on any atom is -0.497 e. The Morgan fingerprint density at radius 1 is 1.22 bits per heavy atom. The molecule has 8 nitrogen and oxygen atoms in total. The Bertz CT molecular complexity index is 1080. The molecule has 27 heavy (non-hydrogen) atoms. The number of aromatic nitrogens is 5. The maximum Gasteiger partial charge on any atom is 0.234 e. The lowest BCUT2D eigenvalue weighted by atomic mass is 10.2. The monoisotopic (exact) mass is 398 g/mol. The molecular weight excluding hydrogens is 384 g/mol. The number of hydrogen-bond acceptors (Lipinski definition) is 8. The standard InChI is InChI=1S/C17H14N6O2S2/c1-25-11-7-5-10(6-8-11)16-19-17(21-20-16)26-9-14(24)18-12-3-2-4-13-15(12)23-27-22-13/h2-8H,9H2,1H3,(H,18,24)(H,19,20,21). The highest BCUT2D eigenvalue weighted by molar-refractivity contribution is 7.99. The van der Waals surface area contributed by atoms with Crippen molar-refractivity contribution >= 4 is 46.1 Å². The summed E-state index contributed by atoms with van der Waals surface area (Å²) < 4.78 is 13.5. The van der Waals surface area contributed by atoms with E-state index < -0.39 is 0 Å². The zero-order valence-electron chi connectivity index (χ0n) is 14.2. The Kier molecular flexibility index (Phi) is 4.99. The molecule has 0 unspecified atom stereocenters. The van der Waals surface area contributed by atoms with E-state index in [4.69, 9.17) is 4.74 Å². The molecule has 0 radical (unpaired) electrons. The number of hydrogen-bond donors (Lipinski definition) is 2. The number of ether oxygens (including phenoxy) is 1. The first kappa shape index (κ1) is 17.4. The third kappa shape index (κ3) is 3.91. The van der Waals surface area contributed by atoms with Crippen molar-refractivity contribution in [3.05, 3.63) is 42.5 Å². The molecule has 0 saturated heterocycles. The maximum absolute atomic E-state index is 12.2. The third-order valence-electron chi connectivity index (χ3n) is 3.72. The molecule has 0 atom stereocenters. The van der Waals surface area contributed by atoms with Crippen LogP contribution < -0.4 is 10.1 Å². The number of carbonyl (C=O) groups excluding carboxylic acids is 1. The first-order valence-corrected chi connectivity index (χ1v) is 9.65. The molecule has 4 aromatic rings. The largest absolute Gasteiger partial charge is 0.497 e. The molecule has 1 amide bonds. The Balaban J connectivity index is 1.38. The summed E-state index contributed by atoms with van der Waals surface area (Å²) in [6, 6.07) is 13.0. The van der Waals surface area contributed by atoms with E-state index in [9.17, 15) is 4.79 Å². The summed E-state index contributed by atoms with van der Waals surface area (Å²) in [6.45, 7) is 0. The second-order valence-electron chi connectivity index (χ2n) is 5.47. The Hall–Kier alpha value is -2.98. The first-order chi connectivity index (χ1) is 13.2. The van der Waals surface area contributed by atoms with Crippen molar-refractivity contribution in [3.63, 3.8) is 0 Å². The van der Waals surface area contributed by atoms with Gasteiger partial charge in [-0.1, -0.05) is 17.8 Å². The van der Waals surface area contributed by atoms with E-state index >= 15 is 0 Å². The van der Waals surface area contributed by atoms with E-state index in [1.807, 2.05) is 36.4 Å². The molecule has 2 aromatic heterocycles. The molecule has 0 aliphatic carbocycles. The quantitative estimate of drug-likeness (QED) is 0.480. The van der Waals surface area contributed by atoms with Crippen LogP contribution in [-0.4, -0.2) is 42.7 Å². The number of thioether (sulfide) groups is 1. The molecule has 0 spiro atoms. The van der Waals surface area contributed by atoms with Gasteiger partial charge in [0, 0.05) is 5.56 Å². The molecule has 4 rings (SSSR count). The minimum atomic E-state index is -0.156. The van der Waals surface area contributed by atoms with E-state index in [0.717, 1.165) is 28.6 Å². The van der Waals surface area contributed by atoms with Gasteiger partial charge in [-0.05, 0) is 36.4 Å². The number of aromatic amines is 1. The maximum atomic E-state index is 12.2. The van der Waals surface area contributed by atoms with E-state index in [2.05, 4.69) is 29.2 Å². The smallest absolute Gasteiger partial charge is 0.234 e. The van der Waals surface area contributed by atoms with Crippen LogP contribution in [0.3, 0.4) is 0 Å². The topological polar surface area (TPSA) is 106 Å². The van der Waals surface area contributed by atoms with Crippen molar-refractivity contribution in [2.24, 2.45) is 0 Å². The Morgan fingerprint density at radius 3 is 2.89 bits per heavy atom. The van der Waals surface area contributed by atoms with E-state index in [-0.39, 0.29) is 11.7 Å². The number of H-pyrrole nitrogens is 1. The summed E-state index contributed by atoms with van der Waals surface area (Å²) >= 11 is 2.37. The highest BCUT2D eigenvalue weighted by Crippen LogP contribution is 2.23. The fourth-order valence-corrected chi connectivity index (χ4v) is 3.56. The average molecular weight is 398 g/mol. The third-order valence-corrected chi connectivity index (χ3v) is 5.11. The predicted octanol–water partition coefficient (Wildman–Crippen LogP) is 3.22. The van der Waals surface area contributed by atoms with Crippen molar-refractivity contribution < 1.29 is 9.53 Å². The number of nitrogens with one attached hydrogen (secondary N) is 2. The van der Waals surface area contributed by atoms with Crippen LogP contribution in [0.5, 0.6) is 5.75 Å². The van der Waals surface area contributed by atoms with Crippen LogP contribution in [0.15, 0.2) is 47.6 Å². The summed E-state index contributed by atoms with van der Waals surface area (Å²) in [5.74, 6) is 1.44. The van der Waals surface area contributed by atoms with Gasteiger partial charge in [0.05, 0.1) is 30.3 Å². The highest BCUT2D eigenvalue weighted by Gasteiger charge is 2.11. The first-order valence-electron chi connectivity index (χ1n) is 7.94. The van der Waals surface area contributed by atoms with Crippen LogP contribution >= 0.6 is 23.5 Å². The normalized spacial score (nSPS) is 10.9. The number of rotatable bonds is 6. The number of nitrogens with zero attached hydrogens (tertiary/aromatic N) is 4. The lowest BCUT2D eigenvalue weighted by molar-refractivity contribution is -0.113. The second-order valence-corrected chi connectivity index (χ2v) is 6.94. The number of carbonyl (C=O) groups is 1. The van der Waals surface area contributed by atoms with Crippen LogP contribution in [-0.2, 0) is 4.79 Å². The molecule has 0 fully saturated rings. The van der Waals surface area contributed by atoms with Gasteiger partial charge in [0.2, 0.25) is 11.1 Å². The average Bonchev–Trinajstić information content (AvgIpc) is 3.36. The summed E-state index contributed by atoms with van der Waals surface area (Å²) in [5.41, 5.74) is 3.01. The van der Waals surface area contributed by atoms with Gasteiger partial charge >= 0.3 is 0 Å². The van der Waals surface area contributed by atoms with Crippen LogP contribution in [0.25, 0.3) is 22.4 Å². The molecule has 10 heteroatoms. The second kappa shape index (κ2) is 7.72. The van der Waals surface area contributed by atoms with Crippen molar-refractivity contribution in [3.8, 4) is 17.1 Å². The minimum absolute atomic E-state index is 0.156. The fraction of sp³-hybridized carbons (Fsp3) is 0.118. The zero-order chi connectivity index (χ0) is 18.6. The van der Waals surface area contributed by atoms with Gasteiger partial charge in [0.1, 0.15) is 16.8 Å². The van der Waals surface area contributed by atoms with Crippen molar-refractivity contribution in [1.82, 2.24) is 23.9 Å². The summed E-state index contributed by atoms with van der Waals surface area (Å²) in [7, 11) is 1.62. The predicted molar refractivity (Wildman–Crippen MR) is 105 cm³/mol. The summed E-state index contributed by atoms with van der Waals surface area (Å²) in [6.07, 6.45) is 0. The van der Waals surface area contributed by atoms with Crippen LogP contribution in [0.1, 0.15) is 0 Å². The number of amides is 1. The molecule has 0 bridgehead atoms. The molecule has 0 saturated carbocycles. The van der Waals surface area contributed by atoms with E-state index in [1.165, 1.54) is 11.8 Å². The molecule has 2 N–H and O–H groups in total. The van der Waals surface area contributed by atoms with E-state index in [1.54, 1.807) is 13.2 Å². The highest BCUT2D eigenvalue weighted by atomic mass is 32.2. The van der Waals surface area contributed by atoms with Crippen LogP contribution in [0.4, 0.5) is 5.69 Å². The number of methoxy groups -OCH3 is 1. The number of fused-ring (bicyclic) bond motifs is 1. The van der Waals surface area contributed by atoms with Gasteiger partial charge in [-0.2, -0.15) is 8.75 Å². The van der Waals surface area contributed by atoms with Crippen molar-refractivity contribution in [2.75, 3.05) is 18.2 Å². The van der Waals surface area contributed by atoms with Gasteiger partial charge < -0.3 is 10.1 Å². The number of benzene rings is 2. The van der Waals surface area contributed by atoms with Gasteiger partial charge in [0.15, 0.2) is 5.82 Å². The van der Waals surface area contributed by atoms with Crippen molar-refractivity contribution in [1.29, 1.82) is 0 Å². The Labute approximate surface area is 162 Å². The van der Waals surface area contributed by atoms with Crippen LogP contribution in [0, 0.1) is 0 Å². The fourth-order valence-electron chi connectivity index (χ4n) is 2.41. The van der Waals surface area contributed by atoms with Gasteiger partial charge in [-0.15, -0.1) is 5.10 Å². The van der Waals surface area contributed by atoms with Crippen molar-refractivity contribution in [2.45, 2.75) is 5.16 Å². The number of anilines is 1. The molecule has 2 aromatic carbocycles. The molecule has 0 aliphatic heterocycles. The molecule has 136 valence electrons. The van der Waals surface area contributed by atoms with E-state index in [0.29, 0.717) is 22.2 Å². The van der Waals surface area contributed by atoms with Gasteiger partial charge in [-0.3, -0.25) is 9.89 Å². The lowest BCUT2D eigenvalue weighted by Gasteiger charge is -2.04.